The number of carbonyl (C=O) groups excluding carboxylic acids is 1. The predicted octanol–water partition coefficient (Wildman–Crippen LogP) is 3.22. The number of fused-ring (bicyclic) bond motifs is 1. The zero-order valence-electron chi connectivity index (χ0n) is 17.3. The van der Waals surface area contributed by atoms with Crippen LogP contribution in [0.3, 0.4) is 0 Å². The first-order valence-corrected chi connectivity index (χ1v) is 9.58. The zero-order valence-corrected chi connectivity index (χ0v) is 17.3. The van der Waals surface area contributed by atoms with Crippen molar-refractivity contribution in [3.05, 3.63) is 71.5 Å². The highest BCUT2D eigenvalue weighted by atomic mass is 16.5. The van der Waals surface area contributed by atoms with Crippen LogP contribution in [0.15, 0.2) is 66.0 Å². The molecule has 0 bridgehead atoms. The number of aryl methyl sites for hydroxylation is 1. The molecular formula is C23H18N6O3. The van der Waals surface area contributed by atoms with E-state index in [9.17, 15) is 9.59 Å². The first kappa shape index (κ1) is 20.6. The summed E-state index contributed by atoms with van der Waals surface area (Å²) in [5.41, 5.74) is 1.87. The summed E-state index contributed by atoms with van der Waals surface area (Å²) < 4.78 is 6.99. The quantitative estimate of drug-likeness (QED) is 0.471. The maximum Gasteiger partial charge on any atom is 0.300 e. The minimum absolute atomic E-state index is 0.207. The fraction of sp³-hybridized carbons (Fsp3) is 0.0870. The van der Waals surface area contributed by atoms with Gasteiger partial charge >= 0.3 is 0 Å². The second kappa shape index (κ2) is 8.97. The van der Waals surface area contributed by atoms with Crippen molar-refractivity contribution < 1.29 is 9.53 Å². The van der Waals surface area contributed by atoms with E-state index in [2.05, 4.69) is 37.4 Å². The van der Waals surface area contributed by atoms with Gasteiger partial charge in [-0.05, 0) is 55.3 Å². The largest absolute Gasteiger partial charge is 0.439 e. The first-order chi connectivity index (χ1) is 15.5. The average Bonchev–Trinajstić information content (AvgIpc) is 2.78. The SMILES string of the molecule is CC#CC(=O)Nc1ccc2ncnc(Nc3ccc(Oc4cc(=O)n(C)cn4)cc3)c2c1. The van der Waals surface area contributed by atoms with Crippen molar-refractivity contribution in [2.24, 2.45) is 7.05 Å². The lowest BCUT2D eigenvalue weighted by atomic mass is 10.2. The van der Waals surface area contributed by atoms with Crippen LogP contribution < -0.4 is 20.9 Å². The molecule has 0 saturated heterocycles. The lowest BCUT2D eigenvalue weighted by molar-refractivity contribution is -0.111. The number of ether oxygens (including phenoxy) is 1. The molecule has 0 unspecified atom stereocenters. The maximum atomic E-state index is 11.8. The second-order valence-corrected chi connectivity index (χ2v) is 6.71. The normalized spacial score (nSPS) is 10.2. The van der Waals surface area contributed by atoms with Gasteiger partial charge in [0, 0.05) is 23.8 Å². The van der Waals surface area contributed by atoms with E-state index in [0.717, 1.165) is 16.6 Å². The second-order valence-electron chi connectivity index (χ2n) is 6.71. The lowest BCUT2D eigenvalue weighted by Gasteiger charge is -2.11. The van der Waals surface area contributed by atoms with Crippen molar-refractivity contribution in [1.29, 1.82) is 0 Å². The van der Waals surface area contributed by atoms with Crippen molar-refractivity contribution in [2.75, 3.05) is 10.6 Å². The number of hydrogen-bond donors (Lipinski definition) is 2. The van der Waals surface area contributed by atoms with E-state index in [-0.39, 0.29) is 17.3 Å². The van der Waals surface area contributed by atoms with Crippen molar-refractivity contribution in [3.8, 4) is 23.5 Å². The number of hydrogen-bond acceptors (Lipinski definition) is 7. The van der Waals surface area contributed by atoms with Crippen molar-refractivity contribution in [2.45, 2.75) is 6.92 Å². The Morgan fingerprint density at radius 3 is 2.56 bits per heavy atom. The number of carbonyl (C=O) groups is 1. The third-order valence-corrected chi connectivity index (χ3v) is 4.42. The summed E-state index contributed by atoms with van der Waals surface area (Å²) in [6, 6.07) is 13.8. The molecule has 0 aliphatic rings. The van der Waals surface area contributed by atoms with Gasteiger partial charge in [-0.25, -0.2) is 15.0 Å². The van der Waals surface area contributed by atoms with Gasteiger partial charge in [0.25, 0.3) is 11.5 Å². The molecule has 1 amide bonds. The molecule has 0 aliphatic carbocycles. The number of nitrogens with one attached hydrogen (secondary N) is 2. The molecule has 2 heterocycles. The Hall–Kier alpha value is -4.71. The van der Waals surface area contributed by atoms with Gasteiger partial charge in [0.2, 0.25) is 5.88 Å². The molecule has 0 fully saturated rings. The summed E-state index contributed by atoms with van der Waals surface area (Å²) >= 11 is 0. The van der Waals surface area contributed by atoms with Gasteiger partial charge in [0.15, 0.2) is 0 Å². The Bertz CT molecular complexity index is 1420. The average molecular weight is 426 g/mol. The molecule has 0 atom stereocenters. The molecule has 0 spiro atoms. The van der Waals surface area contributed by atoms with E-state index < -0.39 is 0 Å². The minimum Gasteiger partial charge on any atom is -0.439 e. The monoisotopic (exact) mass is 426 g/mol. The van der Waals surface area contributed by atoms with Crippen LogP contribution in [0, 0.1) is 11.8 Å². The molecule has 32 heavy (non-hydrogen) atoms. The van der Waals surface area contributed by atoms with Crippen LogP contribution in [0.4, 0.5) is 17.2 Å². The van der Waals surface area contributed by atoms with Crippen LogP contribution in [0.2, 0.25) is 0 Å². The Labute approximate surface area is 183 Å². The summed E-state index contributed by atoms with van der Waals surface area (Å²) in [4.78, 5) is 36.1. The first-order valence-electron chi connectivity index (χ1n) is 9.58. The lowest BCUT2D eigenvalue weighted by Crippen LogP contribution is -2.15. The van der Waals surface area contributed by atoms with Gasteiger partial charge in [0.05, 0.1) is 11.6 Å². The number of anilines is 3. The molecule has 2 N–H and O–H groups in total. The summed E-state index contributed by atoms with van der Waals surface area (Å²) in [6.45, 7) is 1.60. The zero-order chi connectivity index (χ0) is 22.5. The molecule has 4 aromatic rings. The Morgan fingerprint density at radius 2 is 1.81 bits per heavy atom. The third-order valence-electron chi connectivity index (χ3n) is 4.42. The van der Waals surface area contributed by atoms with Gasteiger partial charge < -0.3 is 19.9 Å². The molecule has 9 heteroatoms. The smallest absolute Gasteiger partial charge is 0.300 e. The number of nitrogens with zero attached hydrogens (tertiary/aromatic N) is 4. The Balaban J connectivity index is 1.54. The van der Waals surface area contributed by atoms with Gasteiger partial charge in [-0.2, -0.15) is 0 Å². The van der Waals surface area contributed by atoms with Crippen LogP contribution in [-0.2, 0) is 11.8 Å². The van der Waals surface area contributed by atoms with Gasteiger partial charge in [0.1, 0.15) is 24.2 Å². The molecule has 0 aliphatic heterocycles. The number of rotatable bonds is 5. The third kappa shape index (κ3) is 4.71. The fourth-order valence-corrected chi connectivity index (χ4v) is 2.87. The molecule has 2 aromatic heterocycles. The van der Waals surface area contributed by atoms with E-state index >= 15 is 0 Å². The van der Waals surface area contributed by atoms with Crippen molar-refractivity contribution >= 4 is 34.0 Å². The van der Waals surface area contributed by atoms with Gasteiger partial charge in [-0.3, -0.25) is 9.59 Å². The summed E-state index contributed by atoms with van der Waals surface area (Å²) in [5, 5.41) is 6.70. The van der Waals surface area contributed by atoms with Crippen LogP contribution in [0.25, 0.3) is 10.9 Å². The summed E-state index contributed by atoms with van der Waals surface area (Å²) in [6.07, 6.45) is 2.86. The minimum atomic E-state index is -0.389. The molecule has 158 valence electrons. The highest BCUT2D eigenvalue weighted by Gasteiger charge is 2.08. The topological polar surface area (TPSA) is 111 Å². The highest BCUT2D eigenvalue weighted by Crippen LogP contribution is 2.27. The van der Waals surface area contributed by atoms with E-state index in [1.54, 1.807) is 44.3 Å². The van der Waals surface area contributed by atoms with Crippen molar-refractivity contribution in [3.63, 3.8) is 0 Å². The number of aromatic nitrogens is 4. The Morgan fingerprint density at radius 1 is 1.03 bits per heavy atom. The van der Waals surface area contributed by atoms with Gasteiger partial charge in [-0.1, -0.05) is 5.92 Å². The Kier molecular flexibility index (Phi) is 5.76. The molecule has 2 aromatic carbocycles. The van der Waals surface area contributed by atoms with Crippen LogP contribution >= 0.6 is 0 Å². The molecule has 0 radical (unpaired) electrons. The van der Waals surface area contributed by atoms with Gasteiger partial charge in [-0.15, -0.1) is 0 Å². The highest BCUT2D eigenvalue weighted by molar-refractivity contribution is 6.05. The van der Waals surface area contributed by atoms with E-state index in [1.165, 1.54) is 23.3 Å². The predicted molar refractivity (Wildman–Crippen MR) is 121 cm³/mol. The molecule has 0 saturated carbocycles. The summed E-state index contributed by atoms with van der Waals surface area (Å²) in [7, 11) is 1.62. The molecule has 9 nitrogen and oxygen atoms in total. The van der Waals surface area contributed by atoms with Crippen molar-refractivity contribution in [1.82, 2.24) is 19.5 Å². The number of benzene rings is 2. The van der Waals surface area contributed by atoms with E-state index in [0.29, 0.717) is 17.3 Å². The van der Waals surface area contributed by atoms with Crippen LogP contribution in [0.5, 0.6) is 11.6 Å². The molecular weight excluding hydrogens is 408 g/mol. The molecule has 4 rings (SSSR count). The van der Waals surface area contributed by atoms with Crippen LogP contribution in [-0.4, -0.2) is 25.4 Å². The van der Waals surface area contributed by atoms with Crippen LogP contribution in [0.1, 0.15) is 6.92 Å². The fourth-order valence-electron chi connectivity index (χ4n) is 2.87. The van der Waals surface area contributed by atoms with E-state index in [1.807, 2.05) is 12.1 Å². The summed E-state index contributed by atoms with van der Waals surface area (Å²) in [5.74, 6) is 5.95. The number of amides is 1. The maximum absolute atomic E-state index is 11.8. The van der Waals surface area contributed by atoms with E-state index in [4.69, 9.17) is 4.74 Å². The standard InChI is InChI=1S/C23H18N6O3/c1-3-4-20(30)27-16-7-10-19-18(11-16)23(25-13-24-19)28-15-5-8-17(9-6-15)32-21-12-22(31)29(2)14-26-21/h5-14H,1-2H3,(H,27,30)(H,24,25,28).